The van der Waals surface area contributed by atoms with Gasteiger partial charge in [-0.25, -0.2) is 14.2 Å². The first-order chi connectivity index (χ1) is 14.0. The average Bonchev–Trinajstić information content (AvgIpc) is 3.45. The van der Waals surface area contributed by atoms with Crippen LogP contribution < -0.4 is 10.3 Å². The molecular formula is C21H18FN3O4. The largest absolute Gasteiger partial charge is 0.477 e. The van der Waals surface area contributed by atoms with E-state index in [2.05, 4.69) is 4.98 Å². The normalized spacial score (nSPS) is 15.7. The topological polar surface area (TPSA) is 95.7 Å². The summed E-state index contributed by atoms with van der Waals surface area (Å²) < 4.78 is 16.7. The number of aromatic nitrogens is 2. The minimum Gasteiger partial charge on any atom is -0.477 e. The number of halogens is 1. The van der Waals surface area contributed by atoms with E-state index in [1.807, 2.05) is 18.2 Å². The number of carboxylic acids is 1. The number of benzene rings is 1. The van der Waals surface area contributed by atoms with Gasteiger partial charge in [-0.05, 0) is 35.6 Å². The number of hydrogen-bond donors (Lipinski definition) is 2. The van der Waals surface area contributed by atoms with Crippen molar-refractivity contribution in [2.24, 2.45) is 0 Å². The summed E-state index contributed by atoms with van der Waals surface area (Å²) in [6.45, 7) is 0.756. The SMILES string of the molecule is O=C(O)c1cn(C2CC2)c2nc(N3Cc4cccc(CO)c4C3)c(F)cc2c1=O. The number of carboxylic acid groups (broad SMARTS) is 1. The van der Waals surface area contributed by atoms with Crippen LogP contribution in [0.4, 0.5) is 10.2 Å². The molecule has 0 spiro atoms. The minimum absolute atomic E-state index is 0.0224. The van der Waals surface area contributed by atoms with Gasteiger partial charge in [0, 0.05) is 25.3 Å². The van der Waals surface area contributed by atoms with E-state index in [-0.39, 0.29) is 29.4 Å². The molecule has 0 bridgehead atoms. The molecule has 3 aromatic rings. The lowest BCUT2D eigenvalue weighted by Crippen LogP contribution is -2.22. The van der Waals surface area contributed by atoms with Crippen molar-refractivity contribution in [3.05, 3.63) is 68.8 Å². The van der Waals surface area contributed by atoms with Crippen molar-refractivity contribution in [1.82, 2.24) is 9.55 Å². The summed E-state index contributed by atoms with van der Waals surface area (Å²) in [6, 6.07) is 6.80. The predicted molar refractivity (Wildman–Crippen MR) is 103 cm³/mol. The van der Waals surface area contributed by atoms with Crippen molar-refractivity contribution >= 4 is 22.8 Å². The number of hydrogen-bond acceptors (Lipinski definition) is 5. The van der Waals surface area contributed by atoms with Gasteiger partial charge in [0.1, 0.15) is 11.2 Å². The molecule has 2 N–H and O–H groups in total. The molecule has 0 atom stereocenters. The van der Waals surface area contributed by atoms with Gasteiger partial charge in [-0.3, -0.25) is 4.79 Å². The zero-order valence-electron chi connectivity index (χ0n) is 15.4. The Kier molecular flexibility index (Phi) is 3.92. The van der Waals surface area contributed by atoms with Crippen LogP contribution in [0.15, 0.2) is 35.3 Å². The summed E-state index contributed by atoms with van der Waals surface area (Å²) in [4.78, 5) is 30.3. The number of nitrogens with zero attached hydrogens (tertiary/aromatic N) is 3. The maximum Gasteiger partial charge on any atom is 0.341 e. The predicted octanol–water partition coefficient (Wildman–Crippen LogP) is 2.58. The Bertz CT molecular complexity index is 1230. The van der Waals surface area contributed by atoms with Crippen LogP contribution in [-0.2, 0) is 19.7 Å². The molecule has 1 saturated carbocycles. The molecule has 148 valence electrons. The number of aliphatic hydroxyl groups excluding tert-OH is 1. The van der Waals surface area contributed by atoms with E-state index in [0.717, 1.165) is 35.6 Å². The Balaban J connectivity index is 1.66. The fourth-order valence-corrected chi connectivity index (χ4v) is 4.03. The van der Waals surface area contributed by atoms with E-state index >= 15 is 0 Å². The Morgan fingerprint density at radius 1 is 1.28 bits per heavy atom. The fraction of sp³-hybridized carbons (Fsp3) is 0.286. The quantitative estimate of drug-likeness (QED) is 0.705. The first-order valence-corrected chi connectivity index (χ1v) is 9.42. The average molecular weight is 395 g/mol. The van der Waals surface area contributed by atoms with Crippen LogP contribution in [0.3, 0.4) is 0 Å². The molecule has 7 nitrogen and oxygen atoms in total. The molecule has 0 amide bonds. The van der Waals surface area contributed by atoms with Gasteiger partial charge >= 0.3 is 5.97 Å². The highest BCUT2D eigenvalue weighted by atomic mass is 19.1. The molecule has 0 unspecified atom stereocenters. The summed E-state index contributed by atoms with van der Waals surface area (Å²) in [6.07, 6.45) is 3.04. The summed E-state index contributed by atoms with van der Waals surface area (Å²) in [7, 11) is 0. The van der Waals surface area contributed by atoms with Gasteiger partial charge in [0.05, 0.1) is 12.0 Å². The van der Waals surface area contributed by atoms with E-state index in [1.54, 1.807) is 9.47 Å². The highest BCUT2D eigenvalue weighted by molar-refractivity contribution is 5.92. The van der Waals surface area contributed by atoms with E-state index in [0.29, 0.717) is 18.7 Å². The summed E-state index contributed by atoms with van der Waals surface area (Å²) in [5.41, 5.74) is 1.95. The van der Waals surface area contributed by atoms with Crippen molar-refractivity contribution in [3.63, 3.8) is 0 Å². The van der Waals surface area contributed by atoms with E-state index in [4.69, 9.17) is 0 Å². The second-order valence-electron chi connectivity index (χ2n) is 7.55. The zero-order chi connectivity index (χ0) is 20.3. The second kappa shape index (κ2) is 6.38. The third-order valence-electron chi connectivity index (χ3n) is 5.66. The number of anilines is 1. The van der Waals surface area contributed by atoms with Crippen LogP contribution >= 0.6 is 0 Å². The number of rotatable bonds is 4. The smallest absolute Gasteiger partial charge is 0.341 e. The molecule has 1 fully saturated rings. The van der Waals surface area contributed by atoms with Crippen molar-refractivity contribution < 1.29 is 19.4 Å². The summed E-state index contributed by atoms with van der Waals surface area (Å²) in [5.74, 6) is -1.88. The van der Waals surface area contributed by atoms with Crippen LogP contribution in [0.1, 0.15) is 45.9 Å². The number of aliphatic hydroxyl groups is 1. The Morgan fingerprint density at radius 3 is 2.76 bits per heavy atom. The number of carbonyl (C=O) groups is 1. The number of pyridine rings is 2. The van der Waals surface area contributed by atoms with Crippen LogP contribution in [-0.4, -0.2) is 25.7 Å². The van der Waals surface area contributed by atoms with Crippen LogP contribution in [0, 0.1) is 5.82 Å². The van der Waals surface area contributed by atoms with Crippen molar-refractivity contribution in [1.29, 1.82) is 0 Å². The molecule has 3 heterocycles. The fourth-order valence-electron chi connectivity index (χ4n) is 4.03. The standard InChI is InChI=1S/C21H18FN3O4/c22-17-6-14-18(27)16(21(28)29)9-25(13-4-5-13)19(14)23-20(17)24-7-11-2-1-3-12(10-26)15(11)8-24/h1-3,6,9,13,26H,4-5,7-8,10H2,(H,28,29). The van der Waals surface area contributed by atoms with E-state index in [1.165, 1.54) is 6.20 Å². The lowest BCUT2D eigenvalue weighted by atomic mass is 10.0. The van der Waals surface area contributed by atoms with E-state index < -0.39 is 17.2 Å². The molecule has 0 saturated heterocycles. The van der Waals surface area contributed by atoms with Gasteiger partial charge in [-0.1, -0.05) is 18.2 Å². The van der Waals surface area contributed by atoms with Gasteiger partial charge in [0.15, 0.2) is 11.6 Å². The summed E-state index contributed by atoms with van der Waals surface area (Å²) in [5, 5.41) is 18.9. The molecule has 1 aliphatic heterocycles. The maximum absolute atomic E-state index is 15.0. The van der Waals surface area contributed by atoms with E-state index in [9.17, 15) is 24.2 Å². The van der Waals surface area contributed by atoms with Crippen molar-refractivity contribution in [3.8, 4) is 0 Å². The van der Waals surface area contributed by atoms with Gasteiger partial charge in [0.25, 0.3) is 0 Å². The lowest BCUT2D eigenvalue weighted by molar-refractivity contribution is 0.0695. The van der Waals surface area contributed by atoms with Gasteiger partial charge < -0.3 is 19.7 Å². The van der Waals surface area contributed by atoms with Gasteiger partial charge in [0.2, 0.25) is 5.43 Å². The number of fused-ring (bicyclic) bond motifs is 2. The molecule has 2 aromatic heterocycles. The molecule has 1 aromatic carbocycles. The first kappa shape index (κ1) is 17.8. The van der Waals surface area contributed by atoms with Crippen LogP contribution in [0.2, 0.25) is 0 Å². The second-order valence-corrected chi connectivity index (χ2v) is 7.55. The molecular weight excluding hydrogens is 377 g/mol. The molecule has 8 heteroatoms. The Hall–Kier alpha value is -3.26. The summed E-state index contributed by atoms with van der Waals surface area (Å²) >= 11 is 0. The molecule has 1 aliphatic carbocycles. The maximum atomic E-state index is 15.0. The third kappa shape index (κ3) is 2.79. The van der Waals surface area contributed by atoms with Crippen molar-refractivity contribution in [2.45, 2.75) is 38.6 Å². The number of aromatic carboxylic acids is 1. The highest BCUT2D eigenvalue weighted by Gasteiger charge is 2.30. The van der Waals surface area contributed by atoms with Gasteiger partial charge in [-0.2, -0.15) is 0 Å². The zero-order valence-corrected chi connectivity index (χ0v) is 15.4. The Morgan fingerprint density at radius 2 is 2.07 bits per heavy atom. The monoisotopic (exact) mass is 395 g/mol. The lowest BCUT2D eigenvalue weighted by Gasteiger charge is -2.19. The Labute approximate surface area is 164 Å². The third-order valence-corrected chi connectivity index (χ3v) is 5.66. The minimum atomic E-state index is -1.33. The van der Waals surface area contributed by atoms with Crippen LogP contribution in [0.25, 0.3) is 11.0 Å². The molecule has 2 aliphatic rings. The molecule has 29 heavy (non-hydrogen) atoms. The van der Waals surface area contributed by atoms with Gasteiger partial charge in [-0.15, -0.1) is 0 Å². The molecule has 0 radical (unpaired) electrons. The highest BCUT2D eigenvalue weighted by Crippen LogP contribution is 2.38. The first-order valence-electron chi connectivity index (χ1n) is 9.42. The molecule has 5 rings (SSSR count). The van der Waals surface area contributed by atoms with Crippen molar-refractivity contribution in [2.75, 3.05) is 4.90 Å². The van der Waals surface area contributed by atoms with Crippen LogP contribution in [0.5, 0.6) is 0 Å².